The Morgan fingerprint density at radius 2 is 2.10 bits per heavy atom. The van der Waals surface area contributed by atoms with Gasteiger partial charge in [-0.25, -0.2) is 13.2 Å². The van der Waals surface area contributed by atoms with Crippen molar-refractivity contribution in [2.24, 2.45) is 7.05 Å². The molecule has 2 amide bonds. The smallest absolute Gasteiger partial charge is 0.317 e. The number of nitrogens with zero attached hydrogens (tertiary/aromatic N) is 4. The van der Waals surface area contributed by atoms with Gasteiger partial charge in [0.05, 0.1) is 11.7 Å². The normalized spacial score (nSPS) is 23.2. The molecule has 1 unspecified atom stereocenters. The van der Waals surface area contributed by atoms with Gasteiger partial charge in [-0.15, -0.1) is 0 Å². The quantitative estimate of drug-likeness (QED) is 0.705. The number of hydrogen-bond acceptors (Lipinski definition) is 5. The minimum absolute atomic E-state index is 0.0121. The topological polar surface area (TPSA) is 114 Å². The Bertz CT molecular complexity index is 697. The molecule has 1 aromatic rings. The number of fused-ring (bicyclic) bond motifs is 1. The highest BCUT2D eigenvalue weighted by molar-refractivity contribution is 7.89. The molecule has 3 N–H and O–H groups in total. The lowest BCUT2D eigenvalue weighted by atomic mass is 10.2. The molecule has 0 saturated carbocycles. The van der Waals surface area contributed by atoms with Gasteiger partial charge in [0.1, 0.15) is 4.90 Å². The van der Waals surface area contributed by atoms with Crippen molar-refractivity contribution in [3.05, 3.63) is 5.69 Å². The molecule has 1 aromatic heterocycles. The maximum Gasteiger partial charge on any atom is 0.317 e. The number of aryl methyl sites for hydroxylation is 1. The van der Waals surface area contributed by atoms with Gasteiger partial charge in [-0.2, -0.15) is 9.40 Å². The maximum atomic E-state index is 12.8. The van der Waals surface area contributed by atoms with E-state index in [0.29, 0.717) is 18.8 Å². The number of nitrogens with two attached hydrogens (primary N) is 1. The Morgan fingerprint density at radius 3 is 2.71 bits per heavy atom. The van der Waals surface area contributed by atoms with E-state index in [-0.39, 0.29) is 35.9 Å². The molecular weight excluding hydrogens is 296 g/mol. The molecule has 0 aliphatic carbocycles. The number of nitrogens with one attached hydrogen (secondary N) is 1. The fraction of sp³-hybridized carbons (Fsp3) is 0.636. The predicted molar refractivity (Wildman–Crippen MR) is 75.0 cm³/mol. The molecule has 3 heterocycles. The Morgan fingerprint density at radius 1 is 1.38 bits per heavy atom. The number of anilines is 1. The lowest BCUT2D eigenvalue weighted by molar-refractivity contribution is 0.164. The first-order valence-electron chi connectivity index (χ1n) is 6.66. The summed E-state index contributed by atoms with van der Waals surface area (Å²) in [6.07, 6.45) is 0. The minimum Gasteiger partial charge on any atom is -0.381 e. The van der Waals surface area contributed by atoms with Gasteiger partial charge >= 0.3 is 6.03 Å². The van der Waals surface area contributed by atoms with Gasteiger partial charge in [0, 0.05) is 33.2 Å². The van der Waals surface area contributed by atoms with E-state index in [1.54, 1.807) is 18.9 Å². The second-order valence-electron chi connectivity index (χ2n) is 5.32. The third kappa shape index (κ3) is 2.05. The standard InChI is InChI=1S/C11H18N6O3S/c1-7-9(10(12)14-15(7)2)21(19,20)16-3-4-17-8(6-16)5-13-11(17)18/h8H,3-6H2,1-2H3,(H2,12,14)(H,13,18). The summed E-state index contributed by atoms with van der Waals surface area (Å²) in [4.78, 5) is 13.3. The predicted octanol–water partition coefficient (Wildman–Crippen LogP) is -1.29. The fourth-order valence-corrected chi connectivity index (χ4v) is 4.62. The van der Waals surface area contributed by atoms with Crippen LogP contribution in [0.4, 0.5) is 10.6 Å². The van der Waals surface area contributed by atoms with Crippen molar-refractivity contribution < 1.29 is 13.2 Å². The van der Waals surface area contributed by atoms with Crippen LogP contribution in [0, 0.1) is 6.92 Å². The van der Waals surface area contributed by atoms with E-state index in [9.17, 15) is 13.2 Å². The van der Waals surface area contributed by atoms with Gasteiger partial charge in [0.2, 0.25) is 10.0 Å². The van der Waals surface area contributed by atoms with Crippen LogP contribution in [-0.4, -0.2) is 65.7 Å². The lowest BCUT2D eigenvalue weighted by Gasteiger charge is -2.35. The largest absolute Gasteiger partial charge is 0.381 e. The number of hydrogen-bond donors (Lipinski definition) is 2. The summed E-state index contributed by atoms with van der Waals surface area (Å²) in [5, 5.41) is 6.69. The first-order valence-corrected chi connectivity index (χ1v) is 8.10. The minimum atomic E-state index is -3.70. The molecule has 3 rings (SSSR count). The van der Waals surface area contributed by atoms with Crippen molar-refractivity contribution in [1.82, 2.24) is 24.3 Å². The molecule has 2 saturated heterocycles. The average molecular weight is 314 g/mol. The Labute approximate surface area is 122 Å². The van der Waals surface area contributed by atoms with Gasteiger partial charge in [-0.1, -0.05) is 0 Å². The van der Waals surface area contributed by atoms with Crippen molar-refractivity contribution in [2.45, 2.75) is 17.9 Å². The zero-order valence-corrected chi connectivity index (χ0v) is 12.7. The molecular formula is C11H18N6O3S. The van der Waals surface area contributed by atoms with Gasteiger partial charge in [0.25, 0.3) is 0 Å². The third-order valence-electron chi connectivity index (χ3n) is 4.10. The number of urea groups is 1. The number of piperazine rings is 1. The second-order valence-corrected chi connectivity index (χ2v) is 7.19. The number of sulfonamides is 1. The summed E-state index contributed by atoms with van der Waals surface area (Å²) in [6.45, 7) is 3.06. The van der Waals surface area contributed by atoms with Crippen LogP contribution in [0.5, 0.6) is 0 Å². The van der Waals surface area contributed by atoms with Crippen LogP contribution in [-0.2, 0) is 17.1 Å². The molecule has 9 nitrogen and oxygen atoms in total. The summed E-state index contributed by atoms with van der Waals surface area (Å²) in [6, 6.07) is -0.256. The molecule has 10 heteroatoms. The molecule has 21 heavy (non-hydrogen) atoms. The number of nitrogen functional groups attached to an aromatic ring is 1. The molecule has 2 fully saturated rings. The van der Waals surface area contributed by atoms with Crippen LogP contribution in [0.3, 0.4) is 0 Å². The van der Waals surface area contributed by atoms with E-state index in [1.807, 2.05) is 0 Å². The molecule has 2 aliphatic heterocycles. The summed E-state index contributed by atoms with van der Waals surface area (Å²) in [5.74, 6) is 0.0121. The zero-order chi connectivity index (χ0) is 15.4. The third-order valence-corrected chi connectivity index (χ3v) is 6.13. The van der Waals surface area contributed by atoms with E-state index in [1.165, 1.54) is 8.99 Å². The fourth-order valence-electron chi connectivity index (χ4n) is 2.86. The summed E-state index contributed by atoms with van der Waals surface area (Å²) in [7, 11) is -2.04. The number of aromatic nitrogens is 2. The highest BCUT2D eigenvalue weighted by atomic mass is 32.2. The van der Waals surface area contributed by atoms with Crippen LogP contribution in [0.15, 0.2) is 4.90 Å². The molecule has 116 valence electrons. The van der Waals surface area contributed by atoms with Crippen LogP contribution >= 0.6 is 0 Å². The van der Waals surface area contributed by atoms with Crippen LogP contribution in [0.25, 0.3) is 0 Å². The first kappa shape index (κ1) is 14.1. The molecule has 0 bridgehead atoms. The van der Waals surface area contributed by atoms with Crippen molar-refractivity contribution in [2.75, 3.05) is 31.9 Å². The van der Waals surface area contributed by atoms with E-state index in [2.05, 4.69) is 10.4 Å². The summed E-state index contributed by atoms with van der Waals surface area (Å²) in [5.41, 5.74) is 6.26. The first-order chi connectivity index (χ1) is 9.82. The van der Waals surface area contributed by atoms with Crippen LogP contribution in [0.1, 0.15) is 5.69 Å². The van der Waals surface area contributed by atoms with Crippen LogP contribution in [0.2, 0.25) is 0 Å². The Hall–Kier alpha value is -1.81. The van der Waals surface area contributed by atoms with Gasteiger partial charge in [-0.3, -0.25) is 4.68 Å². The number of rotatable bonds is 2. The van der Waals surface area contributed by atoms with E-state index >= 15 is 0 Å². The van der Waals surface area contributed by atoms with Crippen LogP contribution < -0.4 is 11.1 Å². The zero-order valence-electron chi connectivity index (χ0n) is 11.9. The number of amides is 2. The number of carbonyl (C=O) groups excluding carboxylic acids is 1. The molecule has 2 aliphatic rings. The monoisotopic (exact) mass is 314 g/mol. The number of carbonyl (C=O) groups is 1. The summed E-state index contributed by atoms with van der Waals surface area (Å²) < 4.78 is 28.4. The molecule has 0 radical (unpaired) electrons. The molecule has 0 spiro atoms. The highest BCUT2D eigenvalue weighted by Crippen LogP contribution is 2.27. The van der Waals surface area contributed by atoms with Gasteiger partial charge < -0.3 is 16.0 Å². The lowest BCUT2D eigenvalue weighted by Crippen LogP contribution is -2.53. The van der Waals surface area contributed by atoms with Gasteiger partial charge in [0.15, 0.2) is 5.82 Å². The highest BCUT2D eigenvalue weighted by Gasteiger charge is 2.41. The van der Waals surface area contributed by atoms with Crippen molar-refractivity contribution >= 4 is 21.9 Å². The van der Waals surface area contributed by atoms with E-state index in [4.69, 9.17) is 5.73 Å². The molecule has 0 aromatic carbocycles. The Balaban J connectivity index is 1.91. The average Bonchev–Trinajstić information content (AvgIpc) is 2.91. The second kappa shape index (κ2) is 4.60. The summed E-state index contributed by atoms with van der Waals surface area (Å²) >= 11 is 0. The van der Waals surface area contributed by atoms with E-state index < -0.39 is 10.0 Å². The Kier molecular flexibility index (Phi) is 3.10. The maximum absolute atomic E-state index is 12.8. The van der Waals surface area contributed by atoms with Crippen molar-refractivity contribution in [1.29, 1.82) is 0 Å². The molecule has 1 atom stereocenters. The van der Waals surface area contributed by atoms with Crippen molar-refractivity contribution in [3.8, 4) is 0 Å². The van der Waals surface area contributed by atoms with E-state index in [0.717, 1.165) is 0 Å². The van der Waals surface area contributed by atoms with Gasteiger partial charge in [-0.05, 0) is 6.92 Å². The van der Waals surface area contributed by atoms with Crippen molar-refractivity contribution in [3.63, 3.8) is 0 Å². The SMILES string of the molecule is Cc1c(S(=O)(=O)N2CCN3C(=O)NCC3C2)c(N)nn1C.